The van der Waals surface area contributed by atoms with Gasteiger partial charge < -0.3 is 4.42 Å². The van der Waals surface area contributed by atoms with E-state index in [2.05, 4.69) is 15.9 Å². The average molecular weight is 529 g/mol. The largest absolute Gasteiger partial charge is 0.457 e. The minimum absolute atomic E-state index is 0.0674. The van der Waals surface area contributed by atoms with Crippen LogP contribution in [0.1, 0.15) is 16.9 Å². The summed E-state index contributed by atoms with van der Waals surface area (Å²) in [5.41, 5.74) is 3.14. The molecular formula is C28H21BrN2O2S. The smallest absolute Gasteiger partial charge is 0.267 e. The van der Waals surface area contributed by atoms with Crippen LogP contribution in [-0.2, 0) is 17.9 Å². The van der Waals surface area contributed by atoms with Crippen molar-refractivity contribution in [1.29, 1.82) is 0 Å². The van der Waals surface area contributed by atoms with Crippen LogP contribution in [0.4, 0.5) is 0 Å². The minimum Gasteiger partial charge on any atom is -0.457 e. The molecule has 6 heteroatoms. The van der Waals surface area contributed by atoms with Gasteiger partial charge in [-0.15, -0.1) is 0 Å². The molecule has 4 aromatic rings. The summed E-state index contributed by atoms with van der Waals surface area (Å²) in [4.78, 5) is 20.5. The standard InChI is InChI=1S/C28H21BrN2O2S/c29-23-13-11-22(12-14-23)25-16-15-24(33-25)17-26-27(32)31(19-21-9-5-2-6-10-21)28(34-26)30-18-20-7-3-1-4-8-20/h1-17H,18-19H2. The van der Waals surface area contributed by atoms with Crippen LogP contribution in [0.5, 0.6) is 0 Å². The van der Waals surface area contributed by atoms with Crippen LogP contribution in [0.2, 0.25) is 0 Å². The van der Waals surface area contributed by atoms with E-state index in [9.17, 15) is 4.79 Å². The van der Waals surface area contributed by atoms with Gasteiger partial charge in [-0.2, -0.15) is 0 Å². The first kappa shape index (κ1) is 22.4. The number of thioether (sulfide) groups is 1. The van der Waals surface area contributed by atoms with E-state index >= 15 is 0 Å². The number of carbonyl (C=O) groups is 1. The van der Waals surface area contributed by atoms with Gasteiger partial charge in [0.25, 0.3) is 5.91 Å². The maximum Gasteiger partial charge on any atom is 0.267 e. The highest BCUT2D eigenvalue weighted by molar-refractivity contribution is 9.10. The second-order valence-electron chi connectivity index (χ2n) is 7.78. The van der Waals surface area contributed by atoms with Crippen LogP contribution in [0.25, 0.3) is 17.4 Å². The first-order valence-corrected chi connectivity index (χ1v) is 12.5. The minimum atomic E-state index is -0.0674. The zero-order valence-electron chi connectivity index (χ0n) is 18.2. The van der Waals surface area contributed by atoms with E-state index < -0.39 is 0 Å². The quantitative estimate of drug-likeness (QED) is 0.245. The molecule has 1 aliphatic heterocycles. The number of hydrogen-bond acceptors (Lipinski definition) is 4. The summed E-state index contributed by atoms with van der Waals surface area (Å²) in [6.07, 6.45) is 1.80. The number of carbonyl (C=O) groups excluding carboxylic acids is 1. The third-order valence-corrected chi connectivity index (χ3v) is 6.91. The number of amidine groups is 1. The molecule has 1 aromatic heterocycles. The lowest BCUT2D eigenvalue weighted by atomic mass is 10.2. The van der Waals surface area contributed by atoms with Gasteiger partial charge in [-0.3, -0.25) is 14.7 Å². The van der Waals surface area contributed by atoms with E-state index in [1.807, 2.05) is 97.1 Å². The lowest BCUT2D eigenvalue weighted by Crippen LogP contribution is -2.28. The van der Waals surface area contributed by atoms with Gasteiger partial charge in [-0.1, -0.05) is 88.7 Å². The van der Waals surface area contributed by atoms with Gasteiger partial charge in [0.1, 0.15) is 11.5 Å². The monoisotopic (exact) mass is 528 g/mol. The van der Waals surface area contributed by atoms with E-state index in [0.29, 0.717) is 28.9 Å². The van der Waals surface area contributed by atoms with Crippen LogP contribution in [0.15, 0.2) is 116 Å². The number of rotatable bonds is 6. The Morgan fingerprint density at radius 1 is 0.853 bits per heavy atom. The number of aliphatic imine (C=N–C) groups is 1. The first-order chi connectivity index (χ1) is 16.7. The van der Waals surface area contributed by atoms with Crippen LogP contribution in [-0.4, -0.2) is 16.0 Å². The summed E-state index contributed by atoms with van der Waals surface area (Å²) in [5, 5.41) is 0.698. The third kappa shape index (κ3) is 5.24. The predicted molar refractivity (Wildman–Crippen MR) is 142 cm³/mol. The molecule has 4 nitrogen and oxygen atoms in total. The van der Waals surface area contributed by atoms with Crippen LogP contribution in [0, 0.1) is 0 Å². The van der Waals surface area contributed by atoms with Gasteiger partial charge in [0.2, 0.25) is 0 Å². The summed E-state index contributed by atoms with van der Waals surface area (Å²) >= 11 is 4.84. The van der Waals surface area contributed by atoms with E-state index in [-0.39, 0.29) is 5.91 Å². The van der Waals surface area contributed by atoms with Gasteiger partial charge in [-0.05, 0) is 47.2 Å². The van der Waals surface area contributed by atoms with E-state index in [1.54, 1.807) is 11.0 Å². The maximum atomic E-state index is 13.4. The summed E-state index contributed by atoms with van der Waals surface area (Å²) in [6.45, 7) is 0.990. The molecule has 0 bridgehead atoms. The Kier molecular flexibility index (Phi) is 6.79. The van der Waals surface area contributed by atoms with Crippen molar-refractivity contribution in [3.8, 4) is 11.3 Å². The third-order valence-electron chi connectivity index (χ3n) is 5.34. The molecule has 34 heavy (non-hydrogen) atoms. The molecule has 1 fully saturated rings. The molecule has 1 saturated heterocycles. The molecule has 2 heterocycles. The summed E-state index contributed by atoms with van der Waals surface area (Å²) in [5.74, 6) is 1.33. The first-order valence-electron chi connectivity index (χ1n) is 10.9. The molecule has 3 aromatic carbocycles. The highest BCUT2D eigenvalue weighted by atomic mass is 79.9. The van der Waals surface area contributed by atoms with E-state index in [1.165, 1.54) is 11.8 Å². The topological polar surface area (TPSA) is 45.8 Å². The van der Waals surface area contributed by atoms with Crippen molar-refractivity contribution in [2.45, 2.75) is 13.1 Å². The summed E-state index contributed by atoms with van der Waals surface area (Å²) < 4.78 is 7.04. The maximum absolute atomic E-state index is 13.4. The van der Waals surface area contributed by atoms with Gasteiger partial charge in [-0.25, -0.2) is 0 Å². The second kappa shape index (κ2) is 10.3. The second-order valence-corrected chi connectivity index (χ2v) is 9.71. The molecule has 0 N–H and O–H groups in total. The fourth-order valence-electron chi connectivity index (χ4n) is 3.60. The van der Waals surface area contributed by atoms with Crippen molar-refractivity contribution in [3.63, 3.8) is 0 Å². The zero-order chi connectivity index (χ0) is 23.3. The predicted octanol–water partition coefficient (Wildman–Crippen LogP) is 7.38. The molecule has 0 saturated carbocycles. The summed E-state index contributed by atoms with van der Waals surface area (Å²) in [6, 6.07) is 31.8. The van der Waals surface area contributed by atoms with E-state index in [0.717, 1.165) is 26.9 Å². The lowest BCUT2D eigenvalue weighted by molar-refractivity contribution is -0.122. The Balaban J connectivity index is 1.42. The van der Waals surface area contributed by atoms with Crippen molar-refractivity contribution < 1.29 is 9.21 Å². The molecule has 0 atom stereocenters. The molecule has 0 unspecified atom stereocenters. The molecule has 0 spiro atoms. The highest BCUT2D eigenvalue weighted by Crippen LogP contribution is 2.35. The molecule has 0 aliphatic carbocycles. The van der Waals surface area contributed by atoms with Crippen molar-refractivity contribution >= 4 is 44.8 Å². The van der Waals surface area contributed by atoms with Gasteiger partial charge >= 0.3 is 0 Å². The number of halogens is 1. The Morgan fingerprint density at radius 3 is 2.24 bits per heavy atom. The molecule has 1 aliphatic rings. The normalized spacial score (nSPS) is 16.0. The van der Waals surface area contributed by atoms with Gasteiger partial charge in [0.15, 0.2) is 5.17 Å². The van der Waals surface area contributed by atoms with Gasteiger partial charge in [0.05, 0.1) is 18.0 Å². The highest BCUT2D eigenvalue weighted by Gasteiger charge is 2.33. The van der Waals surface area contributed by atoms with Crippen LogP contribution in [0.3, 0.4) is 0 Å². The fraction of sp³-hybridized carbons (Fsp3) is 0.0714. The number of furan rings is 1. The Labute approximate surface area is 211 Å². The van der Waals surface area contributed by atoms with Crippen molar-refractivity contribution in [2.24, 2.45) is 4.99 Å². The van der Waals surface area contributed by atoms with Gasteiger partial charge in [0, 0.05) is 16.1 Å². The van der Waals surface area contributed by atoms with Crippen LogP contribution >= 0.6 is 27.7 Å². The van der Waals surface area contributed by atoms with Crippen molar-refractivity contribution in [2.75, 3.05) is 0 Å². The molecule has 0 radical (unpaired) electrons. The number of amides is 1. The van der Waals surface area contributed by atoms with E-state index in [4.69, 9.17) is 9.41 Å². The molecule has 5 rings (SSSR count). The fourth-order valence-corrected chi connectivity index (χ4v) is 4.82. The Morgan fingerprint density at radius 2 is 1.53 bits per heavy atom. The SMILES string of the molecule is O=C1C(=Cc2ccc(-c3ccc(Br)cc3)o2)SC(=NCc2ccccc2)N1Cc1ccccc1. The lowest BCUT2D eigenvalue weighted by Gasteiger charge is -2.15. The Hall–Kier alpha value is -3.35. The number of nitrogens with zero attached hydrogens (tertiary/aromatic N) is 2. The number of hydrogen-bond donors (Lipinski definition) is 0. The molecule has 168 valence electrons. The molecule has 1 amide bonds. The van der Waals surface area contributed by atoms with Crippen molar-refractivity contribution in [3.05, 3.63) is 123 Å². The summed E-state index contributed by atoms with van der Waals surface area (Å²) in [7, 11) is 0. The van der Waals surface area contributed by atoms with Crippen LogP contribution < -0.4 is 0 Å². The van der Waals surface area contributed by atoms with Crippen molar-refractivity contribution in [1.82, 2.24) is 4.90 Å². The zero-order valence-corrected chi connectivity index (χ0v) is 20.6. The molecular weight excluding hydrogens is 508 g/mol. The average Bonchev–Trinajstić information content (AvgIpc) is 3.45. The number of benzene rings is 3. The Bertz CT molecular complexity index is 1350.